The Labute approximate surface area is 337 Å². The van der Waals surface area contributed by atoms with Crippen molar-refractivity contribution < 1.29 is 4.74 Å². The van der Waals surface area contributed by atoms with Gasteiger partial charge in [0.2, 0.25) is 0 Å². The normalized spacial score (nSPS) is 12.6. The second-order valence-corrected chi connectivity index (χ2v) is 15.4. The van der Waals surface area contributed by atoms with Gasteiger partial charge < -0.3 is 19.1 Å². The first kappa shape index (κ1) is 32.7. The first-order valence-corrected chi connectivity index (χ1v) is 20.0. The number of nitrogens with zero attached hydrogens (tertiary/aromatic N) is 3. The summed E-state index contributed by atoms with van der Waals surface area (Å²) in [4.78, 5) is 4.87. The summed E-state index contributed by atoms with van der Waals surface area (Å²) in [5.74, 6) is 1.80. The van der Waals surface area contributed by atoms with Gasteiger partial charge >= 0.3 is 0 Å². The highest BCUT2D eigenvalue weighted by atomic mass is 16.5. The van der Waals surface area contributed by atoms with E-state index in [1.165, 1.54) is 43.5 Å². The van der Waals surface area contributed by atoms with Crippen molar-refractivity contribution in [2.24, 2.45) is 0 Å². The van der Waals surface area contributed by atoms with E-state index in [9.17, 15) is 0 Å². The van der Waals surface area contributed by atoms with E-state index in [2.05, 4.69) is 221 Å². The largest absolute Gasteiger partial charge is 0.458 e. The van der Waals surface area contributed by atoms with Gasteiger partial charge in [0.1, 0.15) is 11.5 Å². The van der Waals surface area contributed by atoms with Crippen LogP contribution in [0.1, 0.15) is 5.56 Å². The maximum atomic E-state index is 7.14. The number of aryl methyl sites for hydroxylation is 1. The summed E-state index contributed by atoms with van der Waals surface area (Å²) in [5, 5.41) is 4.84. The van der Waals surface area contributed by atoms with Crippen molar-refractivity contribution in [2.75, 3.05) is 9.80 Å². The average Bonchev–Trinajstić information content (AvgIpc) is 3.60. The minimum absolute atomic E-state index is 0.0894. The molecule has 0 saturated heterocycles. The van der Waals surface area contributed by atoms with Crippen LogP contribution >= 0.6 is 0 Å². The van der Waals surface area contributed by atoms with Gasteiger partial charge in [0, 0.05) is 56.3 Å². The Balaban J connectivity index is 1.21. The second-order valence-electron chi connectivity index (χ2n) is 15.4. The van der Waals surface area contributed by atoms with Crippen molar-refractivity contribution >= 4 is 89.8 Å². The monoisotopic (exact) mass is 741 g/mol. The molecule has 2 aliphatic heterocycles. The summed E-state index contributed by atoms with van der Waals surface area (Å²) in [6.45, 7) is 2.09. The van der Waals surface area contributed by atoms with Gasteiger partial charge in [-0.3, -0.25) is 0 Å². The van der Waals surface area contributed by atoms with Crippen LogP contribution in [0.25, 0.3) is 38.3 Å². The molecule has 2 aliphatic rings. The molecule has 0 N–H and O–H groups in total. The average molecular weight is 742 g/mol. The first-order valence-electron chi connectivity index (χ1n) is 20.0. The fraction of sp³-hybridized carbons (Fsp3) is 0.0189. The molecular weight excluding hydrogens is 705 g/mol. The van der Waals surface area contributed by atoms with E-state index < -0.39 is 0 Å². The summed E-state index contributed by atoms with van der Waals surface area (Å²) >= 11 is 0. The van der Waals surface area contributed by atoms with Gasteiger partial charge in [-0.1, -0.05) is 121 Å². The lowest BCUT2D eigenvalue weighted by Gasteiger charge is -2.42. The van der Waals surface area contributed by atoms with E-state index in [1.807, 2.05) is 0 Å². The molecule has 272 valence electrons. The van der Waals surface area contributed by atoms with Gasteiger partial charge in [-0.25, -0.2) is 0 Å². The van der Waals surface area contributed by atoms with E-state index in [0.29, 0.717) is 0 Å². The minimum Gasteiger partial charge on any atom is -0.458 e. The van der Waals surface area contributed by atoms with Crippen LogP contribution in [0.15, 0.2) is 200 Å². The predicted molar refractivity (Wildman–Crippen MR) is 244 cm³/mol. The van der Waals surface area contributed by atoms with Crippen LogP contribution in [-0.2, 0) is 0 Å². The molecule has 58 heavy (non-hydrogen) atoms. The zero-order valence-electron chi connectivity index (χ0n) is 31.9. The Morgan fingerprint density at radius 2 is 1.02 bits per heavy atom. The number of rotatable bonds is 5. The summed E-state index contributed by atoms with van der Waals surface area (Å²) in [7, 11) is 0. The summed E-state index contributed by atoms with van der Waals surface area (Å²) in [5.41, 5.74) is 15.0. The molecule has 12 rings (SSSR count). The van der Waals surface area contributed by atoms with Gasteiger partial charge in [0.25, 0.3) is 6.71 Å². The fourth-order valence-corrected chi connectivity index (χ4v) is 9.67. The minimum atomic E-state index is -0.0894. The molecule has 0 aliphatic carbocycles. The van der Waals surface area contributed by atoms with Crippen LogP contribution in [0.4, 0.5) is 34.1 Å². The van der Waals surface area contributed by atoms with Crippen LogP contribution in [0.3, 0.4) is 0 Å². The van der Waals surface area contributed by atoms with Crippen LogP contribution < -0.4 is 30.9 Å². The molecule has 0 bridgehead atoms. The quantitative estimate of drug-likeness (QED) is 0.164. The molecule has 0 radical (unpaired) electrons. The van der Waals surface area contributed by atoms with Crippen LogP contribution in [-0.4, -0.2) is 11.3 Å². The predicted octanol–water partition coefficient (Wildman–Crippen LogP) is 12.1. The third-order valence-electron chi connectivity index (χ3n) is 12.0. The lowest BCUT2D eigenvalue weighted by atomic mass is 9.33. The molecule has 5 heteroatoms. The highest BCUT2D eigenvalue weighted by Gasteiger charge is 2.44. The van der Waals surface area contributed by atoms with Crippen LogP contribution in [0, 0.1) is 6.92 Å². The number of benzene rings is 9. The third kappa shape index (κ3) is 4.83. The molecule has 3 heterocycles. The van der Waals surface area contributed by atoms with E-state index >= 15 is 0 Å². The van der Waals surface area contributed by atoms with Crippen molar-refractivity contribution in [2.45, 2.75) is 6.92 Å². The molecule has 1 aromatic heterocycles. The maximum absolute atomic E-state index is 7.14. The Morgan fingerprint density at radius 1 is 0.448 bits per heavy atom. The van der Waals surface area contributed by atoms with Crippen molar-refractivity contribution in [1.29, 1.82) is 0 Å². The highest BCUT2D eigenvalue weighted by Crippen LogP contribution is 2.47. The fourth-order valence-electron chi connectivity index (χ4n) is 9.67. The lowest BCUT2D eigenvalue weighted by molar-refractivity contribution is 0.487. The summed E-state index contributed by atoms with van der Waals surface area (Å²) < 4.78 is 9.52. The highest BCUT2D eigenvalue weighted by molar-refractivity contribution is 7.00. The Morgan fingerprint density at radius 3 is 1.71 bits per heavy atom. The smallest absolute Gasteiger partial charge is 0.257 e. The number of anilines is 6. The van der Waals surface area contributed by atoms with E-state index in [0.717, 1.165) is 62.4 Å². The van der Waals surface area contributed by atoms with E-state index in [1.54, 1.807) is 0 Å². The number of ether oxygens (including phenoxy) is 1. The third-order valence-corrected chi connectivity index (χ3v) is 12.0. The van der Waals surface area contributed by atoms with Gasteiger partial charge in [-0.15, -0.1) is 0 Å². The molecule has 0 spiro atoms. The zero-order chi connectivity index (χ0) is 38.3. The van der Waals surface area contributed by atoms with E-state index in [4.69, 9.17) is 4.74 Å². The number of hydrogen-bond acceptors (Lipinski definition) is 3. The zero-order valence-corrected chi connectivity index (χ0v) is 31.9. The number of fused-ring (bicyclic) bond motifs is 9. The molecule has 0 saturated carbocycles. The maximum Gasteiger partial charge on any atom is 0.257 e. The first-order chi connectivity index (χ1) is 28.7. The second kappa shape index (κ2) is 12.8. The number of hydrogen-bond donors (Lipinski definition) is 0. The topological polar surface area (TPSA) is 20.6 Å². The molecule has 0 unspecified atom stereocenters. The lowest BCUT2D eigenvalue weighted by Crippen LogP contribution is -2.59. The van der Waals surface area contributed by atoms with Crippen LogP contribution in [0.2, 0.25) is 0 Å². The Kier molecular flexibility index (Phi) is 7.20. The van der Waals surface area contributed by atoms with Gasteiger partial charge in [0.05, 0.1) is 16.7 Å². The van der Waals surface area contributed by atoms with Gasteiger partial charge in [-0.05, 0) is 107 Å². The van der Waals surface area contributed by atoms with Crippen LogP contribution in [0.5, 0.6) is 11.5 Å². The molecule has 0 atom stereocenters. The van der Waals surface area contributed by atoms with Crippen molar-refractivity contribution in [1.82, 2.24) is 4.57 Å². The number of para-hydroxylation sites is 5. The SMILES string of the molecule is Cc1cc2c3c(c1)N(c1ccccc1)c1cc(N(c4ccccc4)c4ccccc4)c4ccccc4c1B3c1cc3c4ccccc4n(-c4ccccc4)c3cc1O2. The van der Waals surface area contributed by atoms with Gasteiger partial charge in [0.15, 0.2) is 0 Å². The van der Waals surface area contributed by atoms with Crippen molar-refractivity contribution in [3.63, 3.8) is 0 Å². The van der Waals surface area contributed by atoms with Gasteiger partial charge in [-0.2, -0.15) is 0 Å². The number of aromatic nitrogens is 1. The van der Waals surface area contributed by atoms with Crippen molar-refractivity contribution in [3.05, 3.63) is 206 Å². The molecule has 9 aromatic carbocycles. The summed E-state index contributed by atoms with van der Waals surface area (Å²) in [6.07, 6.45) is 0. The molecule has 4 nitrogen and oxygen atoms in total. The van der Waals surface area contributed by atoms with Crippen molar-refractivity contribution in [3.8, 4) is 17.2 Å². The molecular formula is C53H36BN3O. The molecule has 0 amide bonds. The molecule has 10 aromatic rings. The standard InChI is InChI=1S/C53H36BN3O/c1-35-30-48-53-51(31-35)58-50-34-47-43(41-27-16-17-29-45(41)56(47)38-22-10-4-11-23-38)32-44(50)54(53)52-42-28-15-14-26-40(42)46(33-49(52)57(48)39-24-12-5-13-25-39)55(36-18-6-2-7-19-36)37-20-8-3-9-21-37/h2-34H,1H3. The Hall–Kier alpha value is -7.50. The Bertz CT molecular complexity index is 3180. The summed E-state index contributed by atoms with van der Waals surface area (Å²) in [6, 6.07) is 72.4. The molecule has 0 fully saturated rings. The van der Waals surface area contributed by atoms with E-state index in [-0.39, 0.29) is 6.71 Å².